The van der Waals surface area contributed by atoms with Gasteiger partial charge in [0.1, 0.15) is 0 Å². The normalized spacial score (nSPS) is 16.4. The molecule has 3 heteroatoms. The lowest BCUT2D eigenvalue weighted by Crippen LogP contribution is -2.39. The highest BCUT2D eigenvalue weighted by molar-refractivity contribution is 6.10. The SMILES string of the molecule is Cc1ccc2ccccc2c1C(=O)CN1CCOCC1. The van der Waals surface area contributed by atoms with Crippen LogP contribution >= 0.6 is 0 Å². The molecule has 20 heavy (non-hydrogen) atoms. The van der Waals surface area contributed by atoms with Crippen LogP contribution in [0.3, 0.4) is 0 Å². The highest BCUT2D eigenvalue weighted by atomic mass is 16.5. The van der Waals surface area contributed by atoms with Crippen molar-refractivity contribution in [3.05, 3.63) is 47.5 Å². The van der Waals surface area contributed by atoms with Gasteiger partial charge >= 0.3 is 0 Å². The van der Waals surface area contributed by atoms with Crippen molar-refractivity contribution >= 4 is 16.6 Å². The van der Waals surface area contributed by atoms with Crippen molar-refractivity contribution in [2.45, 2.75) is 6.92 Å². The zero-order valence-corrected chi connectivity index (χ0v) is 11.8. The van der Waals surface area contributed by atoms with Gasteiger partial charge in [0, 0.05) is 18.7 Å². The van der Waals surface area contributed by atoms with Crippen LogP contribution in [0, 0.1) is 6.92 Å². The lowest BCUT2D eigenvalue weighted by Gasteiger charge is -2.26. The topological polar surface area (TPSA) is 29.5 Å². The molecule has 0 amide bonds. The second-order valence-electron chi connectivity index (χ2n) is 5.29. The molecule has 104 valence electrons. The Morgan fingerprint density at radius 1 is 1.15 bits per heavy atom. The number of fused-ring (bicyclic) bond motifs is 1. The van der Waals surface area contributed by atoms with Crippen LogP contribution in [0.25, 0.3) is 10.8 Å². The standard InChI is InChI=1S/C17H19NO2/c1-13-6-7-14-4-2-3-5-15(14)17(13)16(19)12-18-8-10-20-11-9-18/h2-7H,8-12H2,1H3. The van der Waals surface area contributed by atoms with Gasteiger partial charge in [0.05, 0.1) is 19.8 Å². The van der Waals surface area contributed by atoms with Gasteiger partial charge in [-0.15, -0.1) is 0 Å². The van der Waals surface area contributed by atoms with Gasteiger partial charge in [-0.1, -0.05) is 36.4 Å². The molecule has 0 atom stereocenters. The van der Waals surface area contributed by atoms with E-state index in [2.05, 4.69) is 17.0 Å². The van der Waals surface area contributed by atoms with E-state index in [0.29, 0.717) is 6.54 Å². The summed E-state index contributed by atoms with van der Waals surface area (Å²) in [6.45, 7) is 5.63. The second kappa shape index (κ2) is 5.73. The number of Topliss-reactive ketones (excluding diaryl/α,β-unsaturated/α-hetero) is 1. The van der Waals surface area contributed by atoms with Gasteiger partial charge in [0.2, 0.25) is 0 Å². The van der Waals surface area contributed by atoms with E-state index in [0.717, 1.165) is 48.2 Å². The molecule has 0 N–H and O–H groups in total. The summed E-state index contributed by atoms with van der Waals surface area (Å²) >= 11 is 0. The fourth-order valence-electron chi connectivity index (χ4n) is 2.79. The van der Waals surface area contributed by atoms with Gasteiger partial charge in [0.15, 0.2) is 5.78 Å². The number of hydrogen-bond acceptors (Lipinski definition) is 3. The Bertz CT molecular complexity index is 630. The highest BCUT2D eigenvalue weighted by Gasteiger charge is 2.18. The minimum Gasteiger partial charge on any atom is -0.379 e. The number of ether oxygens (including phenoxy) is 1. The lowest BCUT2D eigenvalue weighted by atomic mass is 9.96. The van der Waals surface area contributed by atoms with Crippen LogP contribution in [0.2, 0.25) is 0 Å². The van der Waals surface area contributed by atoms with E-state index in [1.54, 1.807) is 0 Å². The van der Waals surface area contributed by atoms with E-state index in [-0.39, 0.29) is 5.78 Å². The first-order valence-electron chi connectivity index (χ1n) is 7.07. The molecule has 0 unspecified atom stereocenters. The van der Waals surface area contributed by atoms with Gasteiger partial charge in [-0.25, -0.2) is 0 Å². The number of nitrogens with zero attached hydrogens (tertiary/aromatic N) is 1. The molecule has 3 rings (SSSR count). The van der Waals surface area contributed by atoms with Crippen LogP contribution < -0.4 is 0 Å². The highest BCUT2D eigenvalue weighted by Crippen LogP contribution is 2.23. The van der Waals surface area contributed by atoms with Gasteiger partial charge < -0.3 is 4.74 Å². The molecular weight excluding hydrogens is 250 g/mol. The average Bonchev–Trinajstić information content (AvgIpc) is 2.48. The average molecular weight is 269 g/mol. The van der Waals surface area contributed by atoms with Gasteiger partial charge in [-0.05, 0) is 23.3 Å². The Hall–Kier alpha value is -1.71. The number of carbonyl (C=O) groups is 1. The summed E-state index contributed by atoms with van der Waals surface area (Å²) in [4.78, 5) is 14.8. The van der Waals surface area contributed by atoms with Crippen LogP contribution in [0.5, 0.6) is 0 Å². The van der Waals surface area contributed by atoms with Gasteiger partial charge in [-0.2, -0.15) is 0 Å². The molecule has 1 heterocycles. The summed E-state index contributed by atoms with van der Waals surface area (Å²) in [7, 11) is 0. The van der Waals surface area contributed by atoms with E-state index in [1.165, 1.54) is 0 Å². The molecule has 2 aromatic rings. The first-order valence-corrected chi connectivity index (χ1v) is 7.07. The summed E-state index contributed by atoms with van der Waals surface area (Å²) in [5.41, 5.74) is 1.93. The third kappa shape index (κ3) is 2.60. The van der Waals surface area contributed by atoms with Crippen molar-refractivity contribution < 1.29 is 9.53 Å². The van der Waals surface area contributed by atoms with Crippen molar-refractivity contribution in [3.63, 3.8) is 0 Å². The molecule has 0 aliphatic carbocycles. The van der Waals surface area contributed by atoms with Crippen LogP contribution in [-0.4, -0.2) is 43.5 Å². The molecule has 1 saturated heterocycles. The lowest BCUT2D eigenvalue weighted by molar-refractivity contribution is 0.0371. The molecule has 1 aliphatic heterocycles. The van der Waals surface area contributed by atoms with Crippen LogP contribution in [-0.2, 0) is 4.74 Å². The second-order valence-corrected chi connectivity index (χ2v) is 5.29. The number of hydrogen-bond donors (Lipinski definition) is 0. The Balaban J connectivity index is 1.92. The summed E-state index contributed by atoms with van der Waals surface area (Å²) < 4.78 is 5.33. The van der Waals surface area contributed by atoms with Crippen LogP contribution in [0.4, 0.5) is 0 Å². The monoisotopic (exact) mass is 269 g/mol. The fourth-order valence-corrected chi connectivity index (χ4v) is 2.79. The number of benzene rings is 2. The largest absolute Gasteiger partial charge is 0.379 e. The molecule has 0 saturated carbocycles. The number of morpholine rings is 1. The zero-order valence-electron chi connectivity index (χ0n) is 11.8. The maximum absolute atomic E-state index is 12.7. The Kier molecular flexibility index (Phi) is 3.81. The molecule has 3 nitrogen and oxygen atoms in total. The van der Waals surface area contributed by atoms with E-state index in [4.69, 9.17) is 4.74 Å². The van der Waals surface area contributed by atoms with Gasteiger partial charge in [0.25, 0.3) is 0 Å². The molecule has 1 aliphatic rings. The molecule has 0 spiro atoms. The smallest absolute Gasteiger partial charge is 0.177 e. The first-order chi connectivity index (χ1) is 9.75. The molecule has 0 radical (unpaired) electrons. The number of rotatable bonds is 3. The predicted molar refractivity (Wildman–Crippen MR) is 80.3 cm³/mol. The van der Waals surface area contributed by atoms with Crippen molar-refractivity contribution in [2.24, 2.45) is 0 Å². The van der Waals surface area contributed by atoms with E-state index in [1.807, 2.05) is 31.2 Å². The molecular formula is C17H19NO2. The summed E-state index contributed by atoms with van der Waals surface area (Å²) in [5.74, 6) is 0.209. The molecule has 1 fully saturated rings. The summed E-state index contributed by atoms with van der Waals surface area (Å²) in [6.07, 6.45) is 0. The maximum atomic E-state index is 12.7. The molecule has 0 bridgehead atoms. The predicted octanol–water partition coefficient (Wildman–Crippen LogP) is 2.66. The molecule has 2 aromatic carbocycles. The number of ketones is 1. The zero-order chi connectivity index (χ0) is 13.9. The minimum absolute atomic E-state index is 0.209. The van der Waals surface area contributed by atoms with Crippen molar-refractivity contribution in [1.82, 2.24) is 4.90 Å². The number of carbonyl (C=O) groups excluding carboxylic acids is 1. The summed E-state index contributed by atoms with van der Waals surface area (Å²) in [5, 5.41) is 2.19. The third-order valence-electron chi connectivity index (χ3n) is 3.89. The van der Waals surface area contributed by atoms with Crippen molar-refractivity contribution in [2.75, 3.05) is 32.8 Å². The molecule has 0 aromatic heterocycles. The Morgan fingerprint density at radius 2 is 1.90 bits per heavy atom. The summed E-state index contributed by atoms with van der Waals surface area (Å²) in [6, 6.07) is 12.2. The first kappa shape index (κ1) is 13.3. The van der Waals surface area contributed by atoms with E-state index < -0.39 is 0 Å². The minimum atomic E-state index is 0.209. The maximum Gasteiger partial charge on any atom is 0.177 e. The Labute approximate surface area is 119 Å². The van der Waals surface area contributed by atoms with Gasteiger partial charge in [-0.3, -0.25) is 9.69 Å². The third-order valence-corrected chi connectivity index (χ3v) is 3.89. The number of aryl methyl sites for hydroxylation is 1. The van der Waals surface area contributed by atoms with Crippen LogP contribution in [0.1, 0.15) is 15.9 Å². The fraction of sp³-hybridized carbons (Fsp3) is 0.353. The van der Waals surface area contributed by atoms with E-state index >= 15 is 0 Å². The Morgan fingerprint density at radius 3 is 2.70 bits per heavy atom. The van der Waals surface area contributed by atoms with Crippen molar-refractivity contribution in [3.8, 4) is 0 Å². The van der Waals surface area contributed by atoms with Crippen molar-refractivity contribution in [1.29, 1.82) is 0 Å². The quantitative estimate of drug-likeness (QED) is 0.802. The van der Waals surface area contributed by atoms with E-state index in [9.17, 15) is 4.79 Å². The van der Waals surface area contributed by atoms with Crippen LogP contribution in [0.15, 0.2) is 36.4 Å².